The van der Waals surface area contributed by atoms with Crippen LogP contribution in [0.2, 0.25) is 0 Å². The van der Waals surface area contributed by atoms with E-state index in [0.29, 0.717) is 19.3 Å². The fourth-order valence-corrected chi connectivity index (χ4v) is 3.18. The Labute approximate surface area is 99.7 Å². The average Bonchev–Trinajstić information content (AvgIpc) is 2.45. The molecule has 3 fully saturated rings. The van der Waals surface area contributed by atoms with Crippen molar-refractivity contribution in [2.24, 2.45) is 11.8 Å². The Hall–Kier alpha value is -0.650. The minimum absolute atomic E-state index is 0.234. The van der Waals surface area contributed by atoms with Gasteiger partial charge in [-0.3, -0.25) is 4.79 Å². The molecule has 2 saturated carbocycles. The number of ether oxygens (including phenoxy) is 2. The largest absolute Gasteiger partial charge is 0.435 e. The SMILES string of the molecule is O=C1OC(O)C2[C@@H](OC3(O)CCCCC3)C[C@H]12. The Morgan fingerprint density at radius 1 is 1.29 bits per heavy atom. The summed E-state index contributed by atoms with van der Waals surface area (Å²) in [6.07, 6.45) is 3.61. The van der Waals surface area contributed by atoms with E-state index in [1.807, 2.05) is 0 Å². The van der Waals surface area contributed by atoms with Crippen LogP contribution < -0.4 is 0 Å². The fourth-order valence-electron chi connectivity index (χ4n) is 3.18. The summed E-state index contributed by atoms with van der Waals surface area (Å²) in [6.45, 7) is 0. The van der Waals surface area contributed by atoms with Gasteiger partial charge in [0.1, 0.15) is 0 Å². The normalized spacial score (nSPS) is 43.8. The molecule has 0 amide bonds. The van der Waals surface area contributed by atoms with Crippen molar-refractivity contribution in [2.45, 2.75) is 56.7 Å². The molecule has 1 heterocycles. The van der Waals surface area contributed by atoms with Crippen molar-refractivity contribution in [3.63, 3.8) is 0 Å². The maximum atomic E-state index is 11.3. The van der Waals surface area contributed by atoms with Gasteiger partial charge in [-0.2, -0.15) is 0 Å². The van der Waals surface area contributed by atoms with Crippen LogP contribution in [0.4, 0.5) is 0 Å². The smallest absolute Gasteiger partial charge is 0.311 e. The first-order chi connectivity index (χ1) is 8.09. The third-order valence-electron chi connectivity index (χ3n) is 4.25. The number of hydrogen-bond donors (Lipinski definition) is 2. The van der Waals surface area contributed by atoms with Gasteiger partial charge in [-0.15, -0.1) is 0 Å². The molecule has 0 radical (unpaired) electrons. The number of hydrogen-bond acceptors (Lipinski definition) is 5. The van der Waals surface area contributed by atoms with Gasteiger partial charge in [0.2, 0.25) is 6.29 Å². The molecule has 1 aliphatic heterocycles. The van der Waals surface area contributed by atoms with Crippen LogP contribution in [0.15, 0.2) is 0 Å². The number of esters is 1. The van der Waals surface area contributed by atoms with Gasteiger partial charge >= 0.3 is 5.97 Å². The molecule has 1 saturated heterocycles. The third-order valence-corrected chi connectivity index (χ3v) is 4.25. The summed E-state index contributed by atoms with van der Waals surface area (Å²) in [5.41, 5.74) is 0. The highest BCUT2D eigenvalue weighted by Crippen LogP contribution is 2.47. The minimum Gasteiger partial charge on any atom is -0.435 e. The molecule has 0 aromatic heterocycles. The van der Waals surface area contributed by atoms with Gasteiger partial charge in [0, 0.05) is 12.8 Å². The summed E-state index contributed by atoms with van der Waals surface area (Å²) in [6, 6.07) is 0. The highest BCUT2D eigenvalue weighted by Gasteiger charge is 2.58. The lowest BCUT2D eigenvalue weighted by Gasteiger charge is -2.43. The molecule has 0 aromatic carbocycles. The standard InChI is InChI=1S/C12H18O5/c13-10-7-6-8(9(7)11(14)16-10)17-12(15)4-2-1-3-5-12/h7-9,11,14-15H,1-6H2/t7-,8-,9?,11?/m0/s1. The lowest BCUT2D eigenvalue weighted by Crippen LogP contribution is -2.51. The Morgan fingerprint density at radius 2 is 2.00 bits per heavy atom. The van der Waals surface area contributed by atoms with Crippen molar-refractivity contribution in [1.29, 1.82) is 0 Å². The van der Waals surface area contributed by atoms with Crippen LogP contribution in [-0.2, 0) is 14.3 Å². The third kappa shape index (κ3) is 1.86. The van der Waals surface area contributed by atoms with E-state index in [1.165, 1.54) is 0 Å². The van der Waals surface area contributed by atoms with Gasteiger partial charge in [0.25, 0.3) is 0 Å². The molecule has 4 atom stereocenters. The lowest BCUT2D eigenvalue weighted by molar-refractivity contribution is -0.284. The number of rotatable bonds is 2. The van der Waals surface area contributed by atoms with Gasteiger partial charge < -0.3 is 19.7 Å². The molecule has 2 aliphatic carbocycles. The van der Waals surface area contributed by atoms with E-state index < -0.39 is 12.1 Å². The van der Waals surface area contributed by atoms with Crippen molar-refractivity contribution in [3.05, 3.63) is 0 Å². The van der Waals surface area contributed by atoms with E-state index in [-0.39, 0.29) is 23.9 Å². The molecular weight excluding hydrogens is 224 g/mol. The molecule has 3 aliphatic rings. The fraction of sp³-hybridized carbons (Fsp3) is 0.917. The molecule has 0 spiro atoms. The second-order valence-electron chi connectivity index (χ2n) is 5.41. The van der Waals surface area contributed by atoms with Crippen LogP contribution >= 0.6 is 0 Å². The summed E-state index contributed by atoms with van der Waals surface area (Å²) < 4.78 is 10.5. The van der Waals surface area contributed by atoms with Crippen LogP contribution in [0.25, 0.3) is 0 Å². The highest BCUT2D eigenvalue weighted by molar-refractivity contribution is 5.76. The first kappa shape index (κ1) is 11.4. The molecule has 2 unspecified atom stereocenters. The zero-order chi connectivity index (χ0) is 12.0. The summed E-state index contributed by atoms with van der Waals surface area (Å²) in [4.78, 5) is 11.3. The monoisotopic (exact) mass is 242 g/mol. The molecule has 0 aromatic rings. The van der Waals surface area contributed by atoms with Crippen LogP contribution in [0.1, 0.15) is 38.5 Å². The minimum atomic E-state index is -1.06. The number of cyclic esters (lactones) is 1. The molecule has 96 valence electrons. The Kier molecular flexibility index (Phi) is 2.65. The first-order valence-corrected chi connectivity index (χ1v) is 6.38. The molecular formula is C12H18O5. The topological polar surface area (TPSA) is 76.0 Å². The summed E-state index contributed by atoms with van der Waals surface area (Å²) in [5, 5.41) is 19.8. The molecule has 17 heavy (non-hydrogen) atoms. The van der Waals surface area contributed by atoms with E-state index in [0.717, 1.165) is 19.3 Å². The van der Waals surface area contributed by atoms with Gasteiger partial charge in [-0.25, -0.2) is 0 Å². The Morgan fingerprint density at radius 3 is 2.65 bits per heavy atom. The number of carbonyl (C=O) groups excluding carboxylic acids is 1. The van der Waals surface area contributed by atoms with E-state index in [1.54, 1.807) is 0 Å². The Balaban J connectivity index is 1.62. The maximum Gasteiger partial charge on any atom is 0.311 e. The predicted octanol–water partition coefficient (Wildman–Crippen LogP) is 0.536. The number of fused-ring (bicyclic) bond motifs is 1. The van der Waals surface area contributed by atoms with Crippen LogP contribution in [0.3, 0.4) is 0 Å². The highest BCUT2D eigenvalue weighted by atomic mass is 16.7. The van der Waals surface area contributed by atoms with Crippen molar-refractivity contribution in [2.75, 3.05) is 0 Å². The second-order valence-corrected chi connectivity index (χ2v) is 5.41. The van der Waals surface area contributed by atoms with E-state index in [9.17, 15) is 15.0 Å². The molecule has 2 N–H and O–H groups in total. The van der Waals surface area contributed by atoms with Crippen molar-refractivity contribution < 1.29 is 24.5 Å². The summed E-state index contributed by atoms with van der Waals surface area (Å²) >= 11 is 0. The van der Waals surface area contributed by atoms with Crippen LogP contribution in [0, 0.1) is 11.8 Å². The van der Waals surface area contributed by atoms with E-state index in [2.05, 4.69) is 0 Å². The lowest BCUT2D eigenvalue weighted by atomic mass is 9.72. The predicted molar refractivity (Wildman–Crippen MR) is 56.6 cm³/mol. The Bertz CT molecular complexity index is 323. The van der Waals surface area contributed by atoms with Gasteiger partial charge in [0.15, 0.2) is 5.79 Å². The molecule has 0 bridgehead atoms. The van der Waals surface area contributed by atoms with E-state index in [4.69, 9.17) is 9.47 Å². The van der Waals surface area contributed by atoms with Crippen LogP contribution in [-0.4, -0.2) is 34.4 Å². The molecule has 5 heteroatoms. The van der Waals surface area contributed by atoms with Crippen molar-refractivity contribution in [3.8, 4) is 0 Å². The summed E-state index contributed by atoms with van der Waals surface area (Å²) in [5.74, 6) is -1.91. The average molecular weight is 242 g/mol. The first-order valence-electron chi connectivity index (χ1n) is 6.38. The van der Waals surface area contributed by atoms with Crippen molar-refractivity contribution >= 4 is 5.97 Å². The number of carbonyl (C=O) groups is 1. The van der Waals surface area contributed by atoms with Crippen LogP contribution in [0.5, 0.6) is 0 Å². The quantitative estimate of drug-likeness (QED) is 0.546. The molecule has 5 nitrogen and oxygen atoms in total. The number of aliphatic hydroxyl groups excluding tert-OH is 1. The second kappa shape index (κ2) is 3.93. The van der Waals surface area contributed by atoms with Gasteiger partial charge in [-0.1, -0.05) is 6.42 Å². The van der Waals surface area contributed by atoms with E-state index >= 15 is 0 Å². The van der Waals surface area contributed by atoms with Gasteiger partial charge in [-0.05, 0) is 19.3 Å². The zero-order valence-electron chi connectivity index (χ0n) is 9.67. The zero-order valence-corrected chi connectivity index (χ0v) is 9.67. The maximum absolute atomic E-state index is 11.3. The van der Waals surface area contributed by atoms with Crippen molar-refractivity contribution in [1.82, 2.24) is 0 Å². The van der Waals surface area contributed by atoms with Gasteiger partial charge in [0.05, 0.1) is 17.9 Å². The molecule has 3 rings (SSSR count). The number of aliphatic hydroxyl groups is 2. The summed E-state index contributed by atoms with van der Waals surface area (Å²) in [7, 11) is 0.